The van der Waals surface area contributed by atoms with Gasteiger partial charge in [-0.15, -0.1) is 0 Å². The molecule has 3 N–H and O–H groups in total. The molecular formula is C10H11NO4. The molecule has 0 aliphatic carbocycles. The summed E-state index contributed by atoms with van der Waals surface area (Å²) < 4.78 is 4.53. The number of benzene rings is 1. The van der Waals surface area contributed by atoms with Gasteiger partial charge in [-0.3, -0.25) is 0 Å². The van der Waals surface area contributed by atoms with Crippen LogP contribution in [0.1, 0.15) is 15.9 Å². The fourth-order valence-corrected chi connectivity index (χ4v) is 1.06. The molecule has 0 radical (unpaired) electrons. The summed E-state index contributed by atoms with van der Waals surface area (Å²) in [6, 6.07) is 4.79. The van der Waals surface area contributed by atoms with Crippen LogP contribution in [-0.4, -0.2) is 23.7 Å². The summed E-state index contributed by atoms with van der Waals surface area (Å²) in [7, 11) is 0. The molecule has 0 saturated heterocycles. The average molecular weight is 209 g/mol. The van der Waals surface area contributed by atoms with Crippen LogP contribution in [0.2, 0.25) is 0 Å². The second kappa shape index (κ2) is 4.45. The Morgan fingerprint density at radius 3 is 2.73 bits per heavy atom. The van der Waals surface area contributed by atoms with Crippen LogP contribution in [0.15, 0.2) is 18.2 Å². The van der Waals surface area contributed by atoms with E-state index in [1.807, 2.05) is 0 Å². The van der Waals surface area contributed by atoms with Crippen LogP contribution < -0.4 is 5.73 Å². The first-order chi connectivity index (χ1) is 7.00. The van der Waals surface area contributed by atoms with Crippen molar-refractivity contribution < 1.29 is 19.4 Å². The Bertz CT molecular complexity index is 400. The Balaban J connectivity index is 2.81. The quantitative estimate of drug-likeness (QED) is 0.568. The predicted molar refractivity (Wildman–Crippen MR) is 53.5 cm³/mol. The number of nitrogens with two attached hydrogens (primary N) is 1. The maximum Gasteiger partial charge on any atom is 0.341 e. The van der Waals surface area contributed by atoms with Crippen LogP contribution >= 0.6 is 0 Å². The number of nitrogen functional groups attached to an aromatic ring is 1. The van der Waals surface area contributed by atoms with E-state index in [-0.39, 0.29) is 5.56 Å². The molecule has 1 aromatic rings. The zero-order chi connectivity index (χ0) is 11.4. The first-order valence-electron chi connectivity index (χ1n) is 4.25. The van der Waals surface area contributed by atoms with Crippen LogP contribution in [-0.2, 0) is 9.53 Å². The third-order valence-electron chi connectivity index (χ3n) is 1.81. The van der Waals surface area contributed by atoms with E-state index in [0.717, 1.165) is 0 Å². The third-order valence-corrected chi connectivity index (χ3v) is 1.81. The van der Waals surface area contributed by atoms with Crippen molar-refractivity contribution in [2.75, 3.05) is 12.3 Å². The monoisotopic (exact) mass is 209 g/mol. The largest absolute Gasteiger partial charge is 0.479 e. The number of rotatable bonds is 3. The normalized spacial score (nSPS) is 9.67. The van der Waals surface area contributed by atoms with Crippen LogP contribution in [0.3, 0.4) is 0 Å². The third kappa shape index (κ3) is 2.98. The SMILES string of the molecule is Cc1ccc(N)cc1C(=O)OCC(=O)O. The molecule has 0 aromatic heterocycles. The highest BCUT2D eigenvalue weighted by molar-refractivity contribution is 5.93. The Kier molecular flexibility index (Phi) is 3.28. The van der Waals surface area contributed by atoms with Gasteiger partial charge in [0.1, 0.15) is 0 Å². The van der Waals surface area contributed by atoms with Crippen molar-refractivity contribution in [2.45, 2.75) is 6.92 Å². The standard InChI is InChI=1S/C10H11NO4/c1-6-2-3-7(11)4-8(6)10(14)15-5-9(12)13/h2-4H,5,11H2,1H3,(H,12,13). The van der Waals surface area contributed by atoms with Crippen molar-refractivity contribution in [1.29, 1.82) is 0 Å². The van der Waals surface area contributed by atoms with Gasteiger partial charge in [0, 0.05) is 5.69 Å². The van der Waals surface area contributed by atoms with Gasteiger partial charge in [0.15, 0.2) is 6.61 Å². The van der Waals surface area contributed by atoms with Gasteiger partial charge >= 0.3 is 11.9 Å². The zero-order valence-corrected chi connectivity index (χ0v) is 8.19. The lowest BCUT2D eigenvalue weighted by molar-refractivity contribution is -0.140. The Morgan fingerprint density at radius 1 is 1.47 bits per heavy atom. The minimum Gasteiger partial charge on any atom is -0.479 e. The molecule has 15 heavy (non-hydrogen) atoms. The second-order valence-electron chi connectivity index (χ2n) is 3.04. The van der Waals surface area contributed by atoms with Gasteiger partial charge in [-0.2, -0.15) is 0 Å². The number of carboxylic acids is 1. The molecule has 0 aliphatic heterocycles. The lowest BCUT2D eigenvalue weighted by atomic mass is 10.1. The molecule has 0 saturated carbocycles. The van der Waals surface area contributed by atoms with E-state index < -0.39 is 18.5 Å². The van der Waals surface area contributed by atoms with Crippen LogP contribution in [0.4, 0.5) is 5.69 Å². The van der Waals surface area contributed by atoms with E-state index in [9.17, 15) is 9.59 Å². The number of hydrogen-bond acceptors (Lipinski definition) is 4. The summed E-state index contributed by atoms with van der Waals surface area (Å²) in [4.78, 5) is 21.6. The van der Waals surface area contributed by atoms with Crippen molar-refractivity contribution in [3.05, 3.63) is 29.3 Å². The highest BCUT2D eigenvalue weighted by atomic mass is 16.5. The van der Waals surface area contributed by atoms with Crippen molar-refractivity contribution in [1.82, 2.24) is 0 Å². The van der Waals surface area contributed by atoms with E-state index in [4.69, 9.17) is 10.8 Å². The summed E-state index contributed by atoms with van der Waals surface area (Å²) >= 11 is 0. The summed E-state index contributed by atoms with van der Waals surface area (Å²) in [5.74, 6) is -1.87. The Hall–Kier alpha value is -2.04. The summed E-state index contributed by atoms with van der Waals surface area (Å²) in [6.45, 7) is 1.07. The van der Waals surface area contributed by atoms with E-state index >= 15 is 0 Å². The van der Waals surface area contributed by atoms with Gasteiger partial charge in [0.05, 0.1) is 5.56 Å². The summed E-state index contributed by atoms with van der Waals surface area (Å²) in [6.07, 6.45) is 0. The number of aryl methyl sites for hydroxylation is 1. The molecule has 0 bridgehead atoms. The number of ether oxygens (including phenoxy) is 1. The Morgan fingerprint density at radius 2 is 2.13 bits per heavy atom. The molecule has 0 spiro atoms. The molecule has 5 nitrogen and oxygen atoms in total. The number of carbonyl (C=O) groups is 2. The van der Waals surface area contributed by atoms with Gasteiger partial charge < -0.3 is 15.6 Å². The minimum absolute atomic E-state index is 0.288. The number of hydrogen-bond donors (Lipinski definition) is 2. The van der Waals surface area contributed by atoms with Crippen molar-refractivity contribution in [3.8, 4) is 0 Å². The minimum atomic E-state index is -1.19. The van der Waals surface area contributed by atoms with Crippen molar-refractivity contribution >= 4 is 17.6 Å². The van der Waals surface area contributed by atoms with Crippen LogP contribution in [0.5, 0.6) is 0 Å². The molecule has 1 rings (SSSR count). The van der Waals surface area contributed by atoms with Crippen LogP contribution in [0.25, 0.3) is 0 Å². The van der Waals surface area contributed by atoms with Crippen molar-refractivity contribution in [2.24, 2.45) is 0 Å². The van der Waals surface area contributed by atoms with Gasteiger partial charge in [-0.1, -0.05) is 6.07 Å². The summed E-state index contributed by atoms with van der Waals surface area (Å²) in [5, 5.41) is 8.33. The smallest absolute Gasteiger partial charge is 0.341 e. The highest BCUT2D eigenvalue weighted by Gasteiger charge is 2.12. The molecule has 0 fully saturated rings. The molecule has 1 aromatic carbocycles. The maximum absolute atomic E-state index is 11.4. The second-order valence-corrected chi connectivity index (χ2v) is 3.04. The number of esters is 1. The molecule has 80 valence electrons. The molecule has 0 aliphatic rings. The van der Waals surface area contributed by atoms with E-state index in [2.05, 4.69) is 4.74 Å². The van der Waals surface area contributed by atoms with Gasteiger partial charge in [-0.05, 0) is 24.6 Å². The molecule has 5 heteroatoms. The van der Waals surface area contributed by atoms with E-state index in [1.54, 1.807) is 19.1 Å². The molecular weight excluding hydrogens is 198 g/mol. The predicted octanol–water partition coefficient (Wildman–Crippen LogP) is 0.819. The molecule has 0 amide bonds. The molecule has 0 unspecified atom stereocenters. The van der Waals surface area contributed by atoms with Crippen LogP contribution in [0, 0.1) is 6.92 Å². The number of aliphatic carboxylic acids is 1. The maximum atomic E-state index is 11.4. The fraction of sp³-hybridized carbons (Fsp3) is 0.200. The molecule has 0 atom stereocenters. The van der Waals surface area contributed by atoms with Gasteiger partial charge in [-0.25, -0.2) is 9.59 Å². The number of anilines is 1. The van der Waals surface area contributed by atoms with Gasteiger partial charge in [0.25, 0.3) is 0 Å². The average Bonchev–Trinajstić information content (AvgIpc) is 2.18. The van der Waals surface area contributed by atoms with E-state index in [1.165, 1.54) is 6.07 Å². The highest BCUT2D eigenvalue weighted by Crippen LogP contribution is 2.13. The van der Waals surface area contributed by atoms with Gasteiger partial charge in [0.2, 0.25) is 0 Å². The Labute approximate surface area is 86.5 Å². The topological polar surface area (TPSA) is 89.6 Å². The lowest BCUT2D eigenvalue weighted by Crippen LogP contribution is -2.14. The first-order valence-corrected chi connectivity index (χ1v) is 4.25. The lowest BCUT2D eigenvalue weighted by Gasteiger charge is -2.05. The summed E-state index contributed by atoms with van der Waals surface area (Å²) in [5.41, 5.74) is 6.91. The number of carboxylic acid groups (broad SMARTS) is 1. The first kappa shape index (κ1) is 11.0. The fourth-order valence-electron chi connectivity index (χ4n) is 1.06. The van der Waals surface area contributed by atoms with Crippen molar-refractivity contribution in [3.63, 3.8) is 0 Å². The molecule has 0 heterocycles. The van der Waals surface area contributed by atoms with E-state index in [0.29, 0.717) is 11.3 Å². The zero-order valence-electron chi connectivity index (χ0n) is 8.19. The number of carbonyl (C=O) groups excluding carboxylic acids is 1.